The zero-order valence-corrected chi connectivity index (χ0v) is 47.8. The average Bonchev–Trinajstić information content (AvgIpc) is 3.40. The van der Waals surface area contributed by atoms with Crippen molar-refractivity contribution in [3.8, 4) is 0 Å². The molecule has 0 N–H and O–H groups in total. The molecule has 0 radical (unpaired) electrons. The molecule has 0 saturated carbocycles. The SMILES string of the molecule is CC/C=C\C/C=C\C/C=C\C/C=C\C/C=C\C/C=C\C/C=C\CCCC(=O)OCC(COC(=O)CCCCCCCCCCCCCCCC)OC(=O)CCCCCCCC/C=C\C/C=C\C/C=C\C/C=C\CC. The maximum absolute atomic E-state index is 12.9. The molecule has 0 aromatic rings. The number of hydrogen-bond acceptors (Lipinski definition) is 6. The number of ether oxygens (including phenoxy) is 3. The molecule has 0 aliphatic carbocycles. The monoisotopic (exact) mass is 1020 g/mol. The summed E-state index contributed by atoms with van der Waals surface area (Å²) in [7, 11) is 0. The van der Waals surface area contributed by atoms with Gasteiger partial charge in [0.25, 0.3) is 0 Å². The Labute approximate surface area is 455 Å². The molecular weight excluding hydrogens is 913 g/mol. The topological polar surface area (TPSA) is 78.9 Å². The van der Waals surface area contributed by atoms with E-state index in [-0.39, 0.29) is 37.5 Å². The molecule has 1 unspecified atom stereocenters. The van der Waals surface area contributed by atoms with Gasteiger partial charge in [0.15, 0.2) is 6.10 Å². The summed E-state index contributed by atoms with van der Waals surface area (Å²) in [4.78, 5) is 38.2. The number of hydrogen-bond donors (Lipinski definition) is 0. The van der Waals surface area contributed by atoms with E-state index in [1.165, 1.54) is 83.5 Å². The summed E-state index contributed by atoms with van der Waals surface area (Å²) in [6.45, 7) is 6.36. The van der Waals surface area contributed by atoms with E-state index >= 15 is 0 Å². The van der Waals surface area contributed by atoms with Crippen molar-refractivity contribution in [2.45, 2.75) is 264 Å². The van der Waals surface area contributed by atoms with E-state index in [4.69, 9.17) is 14.2 Å². The first-order chi connectivity index (χ1) is 36.5. The maximum Gasteiger partial charge on any atom is 0.306 e. The molecule has 0 saturated heterocycles. The zero-order valence-electron chi connectivity index (χ0n) is 47.8. The third kappa shape index (κ3) is 58.4. The van der Waals surface area contributed by atoms with E-state index in [0.717, 1.165) is 128 Å². The Morgan fingerprint density at radius 1 is 0.284 bits per heavy atom. The van der Waals surface area contributed by atoms with Gasteiger partial charge in [0.05, 0.1) is 0 Å². The second-order valence-corrected chi connectivity index (χ2v) is 19.5. The van der Waals surface area contributed by atoms with Gasteiger partial charge in [-0.1, -0.05) is 264 Å². The molecule has 0 aromatic heterocycles. The lowest BCUT2D eigenvalue weighted by atomic mass is 10.0. The van der Waals surface area contributed by atoms with Crippen molar-refractivity contribution in [1.29, 1.82) is 0 Å². The van der Waals surface area contributed by atoms with Gasteiger partial charge in [-0.2, -0.15) is 0 Å². The van der Waals surface area contributed by atoms with Gasteiger partial charge in [-0.05, 0) is 109 Å². The second kappa shape index (κ2) is 61.1. The van der Waals surface area contributed by atoms with Crippen molar-refractivity contribution in [1.82, 2.24) is 0 Å². The second-order valence-electron chi connectivity index (χ2n) is 19.5. The molecule has 0 spiro atoms. The van der Waals surface area contributed by atoms with Gasteiger partial charge in [0.1, 0.15) is 13.2 Å². The lowest BCUT2D eigenvalue weighted by molar-refractivity contribution is -0.167. The molecule has 74 heavy (non-hydrogen) atoms. The van der Waals surface area contributed by atoms with Crippen LogP contribution in [0.2, 0.25) is 0 Å². The fourth-order valence-corrected chi connectivity index (χ4v) is 7.95. The van der Waals surface area contributed by atoms with Gasteiger partial charge < -0.3 is 14.2 Å². The molecule has 0 rings (SSSR count). The lowest BCUT2D eigenvalue weighted by Crippen LogP contribution is -2.30. The third-order valence-electron chi connectivity index (χ3n) is 12.4. The highest BCUT2D eigenvalue weighted by Gasteiger charge is 2.19. The van der Waals surface area contributed by atoms with Crippen molar-refractivity contribution in [3.63, 3.8) is 0 Å². The molecule has 6 heteroatoms. The van der Waals surface area contributed by atoms with E-state index in [2.05, 4.69) is 154 Å². The van der Waals surface area contributed by atoms with Gasteiger partial charge in [0.2, 0.25) is 0 Å². The van der Waals surface area contributed by atoms with Crippen LogP contribution >= 0.6 is 0 Å². The van der Waals surface area contributed by atoms with Crippen LogP contribution in [0.4, 0.5) is 0 Å². The molecule has 0 fully saturated rings. The maximum atomic E-state index is 12.9. The fraction of sp³-hybridized carbons (Fsp3) is 0.632. The number of esters is 3. The van der Waals surface area contributed by atoms with Crippen molar-refractivity contribution in [3.05, 3.63) is 134 Å². The van der Waals surface area contributed by atoms with Crippen molar-refractivity contribution < 1.29 is 28.6 Å². The van der Waals surface area contributed by atoms with Crippen LogP contribution in [0, 0.1) is 0 Å². The Bertz CT molecular complexity index is 1600. The summed E-state index contributed by atoms with van der Waals surface area (Å²) >= 11 is 0. The molecule has 0 aromatic carbocycles. The summed E-state index contributed by atoms with van der Waals surface area (Å²) < 4.78 is 16.8. The molecule has 418 valence electrons. The van der Waals surface area contributed by atoms with E-state index in [9.17, 15) is 14.4 Å². The minimum Gasteiger partial charge on any atom is -0.462 e. The Morgan fingerprint density at radius 3 is 0.878 bits per heavy atom. The van der Waals surface area contributed by atoms with Gasteiger partial charge in [-0.25, -0.2) is 0 Å². The quantitative estimate of drug-likeness (QED) is 0.0261. The van der Waals surface area contributed by atoms with Crippen LogP contribution in [-0.2, 0) is 28.6 Å². The first-order valence-electron chi connectivity index (χ1n) is 30.2. The summed E-state index contributed by atoms with van der Waals surface area (Å²) in [6, 6.07) is 0. The minimum atomic E-state index is -0.814. The van der Waals surface area contributed by atoms with E-state index in [1.54, 1.807) is 0 Å². The molecule has 0 bridgehead atoms. The van der Waals surface area contributed by atoms with Crippen LogP contribution < -0.4 is 0 Å². The predicted molar refractivity (Wildman–Crippen MR) is 320 cm³/mol. The van der Waals surface area contributed by atoms with Crippen molar-refractivity contribution in [2.24, 2.45) is 0 Å². The van der Waals surface area contributed by atoms with Crippen molar-refractivity contribution in [2.75, 3.05) is 13.2 Å². The number of carbonyl (C=O) groups excluding carboxylic acids is 3. The Morgan fingerprint density at radius 2 is 0.541 bits per heavy atom. The normalized spacial score (nSPS) is 13.1. The van der Waals surface area contributed by atoms with Crippen LogP contribution in [0.3, 0.4) is 0 Å². The Kier molecular flexibility index (Phi) is 57.4. The van der Waals surface area contributed by atoms with Crippen LogP contribution in [0.1, 0.15) is 258 Å². The Balaban J connectivity index is 4.51. The molecule has 0 aliphatic heterocycles. The number of allylic oxidation sites excluding steroid dienone is 22. The summed E-state index contributed by atoms with van der Waals surface area (Å²) in [5, 5.41) is 0. The van der Waals surface area contributed by atoms with Crippen LogP contribution in [0.15, 0.2) is 134 Å². The van der Waals surface area contributed by atoms with E-state index in [1.807, 2.05) is 0 Å². The molecule has 1 atom stereocenters. The van der Waals surface area contributed by atoms with E-state index in [0.29, 0.717) is 19.3 Å². The smallest absolute Gasteiger partial charge is 0.306 e. The number of carbonyl (C=O) groups is 3. The highest BCUT2D eigenvalue weighted by atomic mass is 16.6. The first kappa shape index (κ1) is 69.5. The molecule has 0 amide bonds. The third-order valence-corrected chi connectivity index (χ3v) is 12.4. The lowest BCUT2D eigenvalue weighted by Gasteiger charge is -2.18. The zero-order chi connectivity index (χ0) is 53.6. The van der Waals surface area contributed by atoms with Crippen LogP contribution in [0.25, 0.3) is 0 Å². The predicted octanol–water partition coefficient (Wildman–Crippen LogP) is 20.6. The molecular formula is C68H110O6. The van der Waals surface area contributed by atoms with Crippen LogP contribution in [-0.4, -0.2) is 37.2 Å². The number of unbranched alkanes of at least 4 members (excludes halogenated alkanes) is 20. The summed E-state index contributed by atoms with van der Waals surface area (Å²) in [6.07, 6.45) is 85.9. The minimum absolute atomic E-state index is 0.104. The summed E-state index contributed by atoms with van der Waals surface area (Å²) in [5.74, 6) is -0.980. The fourth-order valence-electron chi connectivity index (χ4n) is 7.95. The van der Waals surface area contributed by atoms with Gasteiger partial charge in [-0.3, -0.25) is 14.4 Å². The largest absolute Gasteiger partial charge is 0.462 e. The molecule has 0 heterocycles. The average molecular weight is 1020 g/mol. The highest BCUT2D eigenvalue weighted by Crippen LogP contribution is 2.15. The molecule has 0 aliphatic rings. The van der Waals surface area contributed by atoms with Crippen LogP contribution in [0.5, 0.6) is 0 Å². The number of rotatable bonds is 53. The van der Waals surface area contributed by atoms with Crippen molar-refractivity contribution >= 4 is 17.9 Å². The van der Waals surface area contributed by atoms with E-state index < -0.39 is 6.10 Å². The highest BCUT2D eigenvalue weighted by molar-refractivity contribution is 5.71. The molecule has 6 nitrogen and oxygen atoms in total. The van der Waals surface area contributed by atoms with Gasteiger partial charge >= 0.3 is 17.9 Å². The summed E-state index contributed by atoms with van der Waals surface area (Å²) in [5.41, 5.74) is 0. The first-order valence-corrected chi connectivity index (χ1v) is 30.2. The van der Waals surface area contributed by atoms with Gasteiger partial charge in [-0.15, -0.1) is 0 Å². The standard InChI is InChI=1S/C68H110O6/c1-4-7-10-13-16-19-22-25-28-30-32-33-34-35-37-38-40-43-46-49-52-55-58-61-67(70)73-64-65(63-72-66(69)60-57-54-51-48-45-42-27-24-21-18-15-12-9-6-3)74-68(71)62-59-56-53-50-47-44-41-39-36-31-29-26-23-20-17-14-11-8-5-2/h7-8,10-11,16-17,19-20,25-26,28-29,32-33,35-37,39-40,43,49,52,65H,4-6,9,12-15,18,21-24,27,30-31,34,38,41-42,44-48,50-51,53-64H2,1-3H3/b10-7-,11-8-,19-16-,20-17-,28-25-,29-26-,33-32-,37-35-,39-36-,43-40-,52-49-. The Hall–Kier alpha value is -4.45. The van der Waals surface area contributed by atoms with Gasteiger partial charge in [0, 0.05) is 19.3 Å².